The summed E-state index contributed by atoms with van der Waals surface area (Å²) in [6, 6.07) is 0. The second-order valence-corrected chi connectivity index (χ2v) is 4.86. The number of rotatable bonds is 10. The predicted molar refractivity (Wildman–Crippen MR) is 70.4 cm³/mol. The van der Waals surface area contributed by atoms with Crippen molar-refractivity contribution >= 4 is 0 Å². The van der Waals surface area contributed by atoms with Gasteiger partial charge in [0.25, 0.3) is 0 Å². The van der Waals surface area contributed by atoms with Crippen LogP contribution >= 0.6 is 0 Å². The van der Waals surface area contributed by atoms with E-state index >= 15 is 0 Å². The van der Waals surface area contributed by atoms with Gasteiger partial charge >= 0.3 is 0 Å². The normalized spacial score (nSPS) is 21.2. The highest BCUT2D eigenvalue weighted by Gasteiger charge is 2.21. The van der Waals surface area contributed by atoms with E-state index in [1.165, 1.54) is 38.9 Å². The summed E-state index contributed by atoms with van der Waals surface area (Å²) in [5.41, 5.74) is 0. The van der Waals surface area contributed by atoms with Crippen LogP contribution in [0.25, 0.3) is 0 Å². The topological polar surface area (TPSA) is 33.7 Å². The molecular formula is C13H28N2O2. The second kappa shape index (κ2) is 9.83. The van der Waals surface area contributed by atoms with Gasteiger partial charge in [-0.25, -0.2) is 0 Å². The Bertz CT molecular complexity index is 179. The van der Waals surface area contributed by atoms with E-state index in [0.29, 0.717) is 0 Å². The maximum absolute atomic E-state index is 5.21. The van der Waals surface area contributed by atoms with Crippen molar-refractivity contribution in [3.63, 3.8) is 0 Å². The van der Waals surface area contributed by atoms with Crippen molar-refractivity contribution < 1.29 is 9.47 Å². The molecule has 1 heterocycles. The molecule has 0 aliphatic carbocycles. The Morgan fingerprint density at radius 1 is 1.18 bits per heavy atom. The molecule has 1 aliphatic rings. The fourth-order valence-corrected chi connectivity index (χ4v) is 2.37. The molecule has 102 valence electrons. The first-order chi connectivity index (χ1) is 8.36. The molecule has 0 aromatic carbocycles. The standard InChI is InChI=1S/C13H28N2O2/c1-16-10-7-14-6-3-4-8-15-9-5-13(11-15)12-17-2/h13-14H,3-12H2,1-2H3. The minimum atomic E-state index is 0.764. The van der Waals surface area contributed by atoms with Crippen molar-refractivity contribution in [2.24, 2.45) is 5.92 Å². The molecule has 0 radical (unpaired) electrons. The number of likely N-dealkylation sites (tertiary alicyclic amines) is 1. The first-order valence-electron chi connectivity index (χ1n) is 6.77. The van der Waals surface area contributed by atoms with E-state index in [1.807, 2.05) is 0 Å². The highest BCUT2D eigenvalue weighted by atomic mass is 16.5. The van der Waals surface area contributed by atoms with Crippen LogP contribution in [0.3, 0.4) is 0 Å². The SMILES string of the molecule is COCCNCCCCN1CCC(COC)C1. The van der Waals surface area contributed by atoms with Crippen LogP contribution in [-0.2, 0) is 9.47 Å². The van der Waals surface area contributed by atoms with E-state index in [-0.39, 0.29) is 0 Å². The van der Waals surface area contributed by atoms with Gasteiger partial charge in [-0.15, -0.1) is 0 Å². The molecule has 1 fully saturated rings. The number of hydrogen-bond donors (Lipinski definition) is 1. The Labute approximate surface area is 106 Å². The minimum absolute atomic E-state index is 0.764. The monoisotopic (exact) mass is 244 g/mol. The highest BCUT2D eigenvalue weighted by molar-refractivity contribution is 4.75. The summed E-state index contributed by atoms with van der Waals surface area (Å²) in [6.45, 7) is 7.54. The molecule has 17 heavy (non-hydrogen) atoms. The average Bonchev–Trinajstić information content (AvgIpc) is 2.76. The van der Waals surface area contributed by atoms with E-state index in [0.717, 1.165) is 32.2 Å². The third-order valence-electron chi connectivity index (χ3n) is 3.33. The van der Waals surface area contributed by atoms with Crippen LogP contribution in [0.5, 0.6) is 0 Å². The van der Waals surface area contributed by atoms with Crippen LogP contribution in [-0.4, -0.2) is 65.1 Å². The lowest BCUT2D eigenvalue weighted by atomic mass is 10.1. The van der Waals surface area contributed by atoms with Gasteiger partial charge in [0.1, 0.15) is 0 Å². The molecule has 0 amide bonds. The molecule has 4 heteroatoms. The van der Waals surface area contributed by atoms with Crippen LogP contribution in [0.15, 0.2) is 0 Å². The van der Waals surface area contributed by atoms with Crippen molar-refractivity contribution in [1.82, 2.24) is 10.2 Å². The van der Waals surface area contributed by atoms with Gasteiger partial charge in [-0.2, -0.15) is 0 Å². The van der Waals surface area contributed by atoms with E-state index in [1.54, 1.807) is 14.2 Å². The van der Waals surface area contributed by atoms with Gasteiger partial charge in [0, 0.05) is 27.3 Å². The van der Waals surface area contributed by atoms with Crippen LogP contribution in [0.4, 0.5) is 0 Å². The zero-order valence-electron chi connectivity index (χ0n) is 11.4. The minimum Gasteiger partial charge on any atom is -0.384 e. The molecule has 0 bridgehead atoms. The van der Waals surface area contributed by atoms with Gasteiger partial charge in [0.05, 0.1) is 13.2 Å². The summed E-state index contributed by atoms with van der Waals surface area (Å²) >= 11 is 0. The van der Waals surface area contributed by atoms with E-state index in [2.05, 4.69) is 10.2 Å². The third-order valence-corrected chi connectivity index (χ3v) is 3.33. The number of methoxy groups -OCH3 is 2. The van der Waals surface area contributed by atoms with Gasteiger partial charge in [-0.1, -0.05) is 0 Å². The fraction of sp³-hybridized carbons (Fsp3) is 1.00. The van der Waals surface area contributed by atoms with E-state index in [4.69, 9.17) is 9.47 Å². The molecule has 1 unspecified atom stereocenters. The molecule has 1 saturated heterocycles. The largest absolute Gasteiger partial charge is 0.384 e. The molecule has 1 rings (SSSR count). The summed E-state index contributed by atoms with van der Waals surface area (Å²) in [5.74, 6) is 0.764. The quantitative estimate of drug-likeness (QED) is 0.581. The zero-order valence-corrected chi connectivity index (χ0v) is 11.4. The van der Waals surface area contributed by atoms with Crippen molar-refractivity contribution in [2.45, 2.75) is 19.3 Å². The van der Waals surface area contributed by atoms with Crippen LogP contribution in [0.1, 0.15) is 19.3 Å². The second-order valence-electron chi connectivity index (χ2n) is 4.86. The summed E-state index contributed by atoms with van der Waals surface area (Å²) in [5, 5.41) is 3.38. The molecule has 1 N–H and O–H groups in total. The fourth-order valence-electron chi connectivity index (χ4n) is 2.37. The predicted octanol–water partition coefficient (Wildman–Crippen LogP) is 0.971. The van der Waals surface area contributed by atoms with Crippen LogP contribution < -0.4 is 5.32 Å². The van der Waals surface area contributed by atoms with Gasteiger partial charge in [0.15, 0.2) is 0 Å². The average molecular weight is 244 g/mol. The number of nitrogens with zero attached hydrogens (tertiary/aromatic N) is 1. The third kappa shape index (κ3) is 6.99. The Balaban J connectivity index is 1.87. The Morgan fingerprint density at radius 3 is 2.82 bits per heavy atom. The Morgan fingerprint density at radius 2 is 2.06 bits per heavy atom. The molecular weight excluding hydrogens is 216 g/mol. The molecule has 0 aromatic rings. The molecule has 0 aromatic heterocycles. The number of ether oxygens (including phenoxy) is 2. The van der Waals surface area contributed by atoms with E-state index in [9.17, 15) is 0 Å². The molecule has 0 saturated carbocycles. The zero-order chi connectivity index (χ0) is 12.3. The van der Waals surface area contributed by atoms with Gasteiger partial charge in [0.2, 0.25) is 0 Å². The molecule has 1 aliphatic heterocycles. The van der Waals surface area contributed by atoms with Gasteiger partial charge < -0.3 is 19.7 Å². The van der Waals surface area contributed by atoms with E-state index < -0.39 is 0 Å². The number of unbranched alkanes of at least 4 members (excludes halogenated alkanes) is 1. The van der Waals surface area contributed by atoms with Crippen molar-refractivity contribution in [2.75, 3.05) is 60.2 Å². The molecule has 4 nitrogen and oxygen atoms in total. The molecule has 1 atom stereocenters. The maximum atomic E-state index is 5.21. The lowest BCUT2D eigenvalue weighted by molar-refractivity contribution is 0.153. The smallest absolute Gasteiger partial charge is 0.0587 e. The van der Waals surface area contributed by atoms with Gasteiger partial charge in [-0.3, -0.25) is 0 Å². The van der Waals surface area contributed by atoms with Gasteiger partial charge in [-0.05, 0) is 44.8 Å². The first kappa shape index (κ1) is 14.9. The van der Waals surface area contributed by atoms with Crippen molar-refractivity contribution in [1.29, 1.82) is 0 Å². The van der Waals surface area contributed by atoms with Crippen molar-refractivity contribution in [3.05, 3.63) is 0 Å². The van der Waals surface area contributed by atoms with Crippen LogP contribution in [0, 0.1) is 5.92 Å². The van der Waals surface area contributed by atoms with Crippen LogP contribution in [0.2, 0.25) is 0 Å². The highest BCUT2D eigenvalue weighted by Crippen LogP contribution is 2.16. The summed E-state index contributed by atoms with van der Waals surface area (Å²) in [7, 11) is 3.54. The number of hydrogen-bond acceptors (Lipinski definition) is 4. The Kier molecular flexibility index (Phi) is 8.61. The molecule has 0 spiro atoms. The summed E-state index contributed by atoms with van der Waals surface area (Å²) in [4.78, 5) is 2.57. The Hall–Kier alpha value is -0.160. The lowest BCUT2D eigenvalue weighted by Gasteiger charge is -2.15. The lowest BCUT2D eigenvalue weighted by Crippen LogP contribution is -2.25. The maximum Gasteiger partial charge on any atom is 0.0587 e. The first-order valence-corrected chi connectivity index (χ1v) is 6.77. The summed E-state index contributed by atoms with van der Waals surface area (Å²) in [6.07, 6.45) is 3.86. The number of nitrogens with one attached hydrogen (secondary N) is 1. The van der Waals surface area contributed by atoms with Crippen molar-refractivity contribution in [3.8, 4) is 0 Å². The summed E-state index contributed by atoms with van der Waals surface area (Å²) < 4.78 is 10.2.